The molecule has 3 nitrogen and oxygen atoms in total. The molecule has 0 atom stereocenters. The first-order valence-electron chi connectivity index (χ1n) is 7.40. The molecule has 1 N–H and O–H groups in total. The number of hydrogen-bond donors (Lipinski definition) is 1. The second kappa shape index (κ2) is 5.16. The Hall–Kier alpha value is -1.75. The van der Waals surface area contributed by atoms with Crippen LogP contribution in [0.25, 0.3) is 20.2 Å². The standard InChI is InChI=1S/C18H21N2OS/c1-19(2)12-6-8-14-16(10-12)22-17-11-13(20(3,4)5)7-9-15(17)18(14)21/h6-11H,1-5H3/q+1/p+1. The Balaban J connectivity index is 2.35. The molecule has 2 aromatic carbocycles. The van der Waals surface area contributed by atoms with Gasteiger partial charge in [-0.3, -0.25) is 9.28 Å². The lowest BCUT2D eigenvalue weighted by Crippen LogP contribution is -3.00. The molecular weight excluding hydrogens is 292 g/mol. The van der Waals surface area contributed by atoms with E-state index in [1.54, 1.807) is 11.3 Å². The normalized spacial score (nSPS) is 12.5. The zero-order valence-corrected chi connectivity index (χ0v) is 14.5. The summed E-state index contributed by atoms with van der Waals surface area (Å²) >= 11 is 1.70. The maximum atomic E-state index is 12.7. The average molecular weight is 314 g/mol. The molecule has 0 radical (unpaired) electrons. The molecule has 0 spiro atoms. The molecule has 114 valence electrons. The van der Waals surface area contributed by atoms with Gasteiger partial charge < -0.3 is 4.90 Å². The fourth-order valence-electron chi connectivity index (χ4n) is 2.57. The highest BCUT2D eigenvalue weighted by Gasteiger charge is 2.15. The van der Waals surface area contributed by atoms with Crippen LogP contribution in [0.1, 0.15) is 0 Å². The van der Waals surface area contributed by atoms with E-state index in [-0.39, 0.29) is 5.43 Å². The fraction of sp³-hybridized carbons (Fsp3) is 0.278. The van der Waals surface area contributed by atoms with Crippen molar-refractivity contribution < 1.29 is 4.90 Å². The maximum absolute atomic E-state index is 12.7. The van der Waals surface area contributed by atoms with Gasteiger partial charge in [0.1, 0.15) is 11.4 Å². The van der Waals surface area contributed by atoms with Crippen molar-refractivity contribution in [1.82, 2.24) is 4.48 Å². The second-order valence-electron chi connectivity index (χ2n) is 6.84. The van der Waals surface area contributed by atoms with Crippen LogP contribution in [-0.2, 0) is 0 Å². The predicted molar refractivity (Wildman–Crippen MR) is 97.6 cm³/mol. The van der Waals surface area contributed by atoms with Gasteiger partial charge in [-0.2, -0.15) is 0 Å². The minimum atomic E-state index is 0.136. The Morgan fingerprint density at radius 3 is 2.09 bits per heavy atom. The van der Waals surface area contributed by atoms with Crippen LogP contribution in [0.5, 0.6) is 0 Å². The number of benzene rings is 2. The summed E-state index contributed by atoms with van der Waals surface area (Å²) in [6.45, 7) is 0. The lowest BCUT2D eigenvalue weighted by atomic mass is 10.1. The molecule has 0 amide bonds. The van der Waals surface area contributed by atoms with Crippen molar-refractivity contribution in [3.63, 3.8) is 0 Å². The monoisotopic (exact) mass is 314 g/mol. The van der Waals surface area contributed by atoms with Crippen LogP contribution in [0, 0.1) is 0 Å². The number of fused-ring (bicyclic) bond motifs is 2. The van der Waals surface area contributed by atoms with Crippen molar-refractivity contribution in [3.8, 4) is 0 Å². The molecule has 3 aromatic rings. The Morgan fingerprint density at radius 1 is 0.909 bits per heavy atom. The average Bonchev–Trinajstić information content (AvgIpc) is 2.45. The molecule has 0 aliphatic carbocycles. The first kappa shape index (κ1) is 15.2. The fourth-order valence-corrected chi connectivity index (χ4v) is 3.71. The van der Waals surface area contributed by atoms with E-state index in [2.05, 4.69) is 53.4 Å². The van der Waals surface area contributed by atoms with E-state index in [1.807, 2.05) is 18.2 Å². The first-order valence-corrected chi connectivity index (χ1v) is 8.22. The summed E-state index contributed by atoms with van der Waals surface area (Å²) in [5, 5.41) is 1.64. The molecule has 0 saturated heterocycles. The van der Waals surface area contributed by atoms with E-state index in [1.165, 1.54) is 16.3 Å². The molecule has 1 aromatic heterocycles. The lowest BCUT2D eigenvalue weighted by Gasteiger charge is -2.23. The highest BCUT2D eigenvalue weighted by Crippen LogP contribution is 2.29. The second-order valence-corrected chi connectivity index (χ2v) is 7.92. The van der Waals surface area contributed by atoms with Gasteiger partial charge in [0.05, 0.1) is 35.2 Å². The van der Waals surface area contributed by atoms with Gasteiger partial charge in [-0.05, 0) is 24.3 Å². The number of nitrogens with zero attached hydrogens (tertiary/aromatic N) is 1. The first-order chi connectivity index (χ1) is 10.3. The highest BCUT2D eigenvalue weighted by atomic mass is 32.1. The zero-order valence-electron chi connectivity index (χ0n) is 13.7. The van der Waals surface area contributed by atoms with Crippen LogP contribution in [0.2, 0.25) is 0 Å². The molecule has 4 heteroatoms. The van der Waals surface area contributed by atoms with Gasteiger partial charge in [0.15, 0.2) is 5.43 Å². The predicted octanol–water partition coefficient (Wildman–Crippen LogP) is 2.39. The zero-order chi connectivity index (χ0) is 16.1. The highest BCUT2D eigenvalue weighted by molar-refractivity contribution is 7.24. The summed E-state index contributed by atoms with van der Waals surface area (Å²) < 4.78 is 2.88. The van der Waals surface area contributed by atoms with E-state index in [0.29, 0.717) is 0 Å². The quantitative estimate of drug-likeness (QED) is 0.569. The number of hydrogen-bond acceptors (Lipinski definition) is 2. The van der Waals surface area contributed by atoms with Crippen LogP contribution in [0.3, 0.4) is 0 Å². The largest absolute Gasteiger partial charge is 0.307 e. The van der Waals surface area contributed by atoms with Crippen molar-refractivity contribution in [2.45, 2.75) is 0 Å². The van der Waals surface area contributed by atoms with Crippen LogP contribution < -0.4 is 14.8 Å². The number of rotatable bonds is 2. The number of quaternary nitrogens is 2. The summed E-state index contributed by atoms with van der Waals surface area (Å²) in [5.74, 6) is 0. The topological polar surface area (TPSA) is 21.5 Å². The van der Waals surface area contributed by atoms with Crippen LogP contribution >= 0.6 is 11.3 Å². The summed E-state index contributed by atoms with van der Waals surface area (Å²) in [4.78, 5) is 14.0. The third-order valence-electron chi connectivity index (χ3n) is 4.01. The lowest BCUT2D eigenvalue weighted by molar-refractivity contribution is -0.786. The molecule has 0 unspecified atom stereocenters. The van der Waals surface area contributed by atoms with Gasteiger partial charge >= 0.3 is 0 Å². The Kier molecular flexibility index (Phi) is 3.56. The Labute approximate surface area is 134 Å². The van der Waals surface area contributed by atoms with E-state index in [9.17, 15) is 4.79 Å². The van der Waals surface area contributed by atoms with Gasteiger partial charge in [0.25, 0.3) is 0 Å². The smallest absolute Gasteiger partial charge is 0.195 e. The van der Waals surface area contributed by atoms with E-state index >= 15 is 0 Å². The molecule has 22 heavy (non-hydrogen) atoms. The summed E-state index contributed by atoms with van der Waals surface area (Å²) in [7, 11) is 10.6. The van der Waals surface area contributed by atoms with Crippen LogP contribution in [-0.4, -0.2) is 35.2 Å². The molecule has 0 aliphatic heterocycles. The van der Waals surface area contributed by atoms with E-state index < -0.39 is 0 Å². The van der Waals surface area contributed by atoms with Gasteiger partial charge in [0, 0.05) is 32.3 Å². The SMILES string of the molecule is C[NH+](C)c1ccc2c(=O)c3ccc([N+](C)(C)C)cc3sc2c1. The molecular formula is C18H22N2OS+2. The third kappa shape index (κ3) is 2.54. The maximum Gasteiger partial charge on any atom is 0.195 e. The van der Waals surface area contributed by atoms with Crippen molar-refractivity contribution in [2.24, 2.45) is 0 Å². The van der Waals surface area contributed by atoms with Gasteiger partial charge in [-0.1, -0.05) is 0 Å². The molecule has 1 heterocycles. The Bertz CT molecular complexity index is 920. The molecule has 0 bridgehead atoms. The summed E-state index contributed by atoms with van der Waals surface area (Å²) in [5.41, 5.74) is 2.54. The Morgan fingerprint density at radius 2 is 1.50 bits per heavy atom. The van der Waals surface area contributed by atoms with E-state index in [0.717, 1.165) is 24.7 Å². The van der Waals surface area contributed by atoms with Crippen molar-refractivity contribution in [1.29, 1.82) is 0 Å². The molecule has 3 rings (SSSR count). The molecule has 0 fully saturated rings. The van der Waals surface area contributed by atoms with Gasteiger partial charge in [0.2, 0.25) is 0 Å². The molecule has 0 saturated carbocycles. The van der Waals surface area contributed by atoms with Crippen molar-refractivity contribution in [2.75, 3.05) is 35.2 Å². The summed E-state index contributed by atoms with van der Waals surface area (Å²) in [6.07, 6.45) is 0. The van der Waals surface area contributed by atoms with Crippen LogP contribution in [0.15, 0.2) is 41.2 Å². The van der Waals surface area contributed by atoms with E-state index in [4.69, 9.17) is 0 Å². The van der Waals surface area contributed by atoms with Crippen molar-refractivity contribution >= 4 is 42.9 Å². The summed E-state index contributed by atoms with van der Waals surface area (Å²) in [6, 6.07) is 12.3. The molecule has 0 aliphatic rings. The van der Waals surface area contributed by atoms with Crippen molar-refractivity contribution in [3.05, 3.63) is 46.6 Å². The number of nitrogens with one attached hydrogen (secondary N) is 1. The minimum absolute atomic E-state index is 0.136. The van der Waals surface area contributed by atoms with Gasteiger partial charge in [-0.15, -0.1) is 11.3 Å². The minimum Gasteiger partial charge on any atom is -0.307 e. The third-order valence-corrected chi connectivity index (χ3v) is 5.12. The van der Waals surface area contributed by atoms with Gasteiger partial charge in [-0.25, -0.2) is 0 Å². The van der Waals surface area contributed by atoms with Crippen LogP contribution in [0.4, 0.5) is 11.4 Å².